The van der Waals surface area contributed by atoms with Crippen LogP contribution in [0.5, 0.6) is 0 Å². The van der Waals surface area contributed by atoms with Crippen LogP contribution in [0.1, 0.15) is 31.4 Å². The lowest BCUT2D eigenvalue weighted by Crippen LogP contribution is -2.35. The quantitative estimate of drug-likeness (QED) is 0.872. The maximum atomic E-state index is 12.2. The molecule has 1 aliphatic rings. The van der Waals surface area contributed by atoms with Crippen molar-refractivity contribution in [3.05, 3.63) is 41.4 Å². The Morgan fingerprint density at radius 2 is 2.00 bits per heavy atom. The van der Waals surface area contributed by atoms with E-state index >= 15 is 0 Å². The lowest BCUT2D eigenvalue weighted by atomic mass is 10.2. The van der Waals surface area contributed by atoms with Gasteiger partial charge in [0.15, 0.2) is 0 Å². The molecule has 1 atom stereocenters. The molecule has 2 aromatic rings. The summed E-state index contributed by atoms with van der Waals surface area (Å²) >= 11 is 1.54. The molecule has 0 aliphatic heterocycles. The van der Waals surface area contributed by atoms with E-state index in [-0.39, 0.29) is 17.7 Å². The van der Waals surface area contributed by atoms with Crippen molar-refractivity contribution in [1.82, 2.24) is 10.3 Å². The zero-order chi connectivity index (χ0) is 16.1. The summed E-state index contributed by atoms with van der Waals surface area (Å²) in [7, 11) is -1.21. The van der Waals surface area contributed by atoms with Gasteiger partial charge in [0.25, 0.3) is 0 Å². The monoisotopic (exact) mass is 348 g/mol. The smallest absolute Gasteiger partial charge is 0.232 e. The van der Waals surface area contributed by atoms with E-state index in [1.54, 1.807) is 11.3 Å². The summed E-state index contributed by atoms with van der Waals surface area (Å²) < 4.78 is 12.2. The number of rotatable bonds is 6. The summed E-state index contributed by atoms with van der Waals surface area (Å²) in [5, 5.41) is 5.83. The Labute approximate surface area is 142 Å². The molecule has 1 N–H and O–H groups in total. The molecule has 1 amide bonds. The first kappa shape index (κ1) is 16.3. The minimum atomic E-state index is -1.21. The predicted octanol–water partition coefficient (Wildman–Crippen LogP) is 3.12. The molecule has 1 aromatic carbocycles. The molecule has 0 bridgehead atoms. The van der Waals surface area contributed by atoms with Crippen molar-refractivity contribution in [2.45, 2.75) is 37.5 Å². The fraction of sp³-hybridized carbons (Fsp3) is 0.412. The van der Waals surface area contributed by atoms with Gasteiger partial charge in [0.1, 0.15) is 10.8 Å². The van der Waals surface area contributed by atoms with Gasteiger partial charge in [0.05, 0.1) is 11.4 Å². The lowest BCUT2D eigenvalue weighted by Gasteiger charge is -2.11. The van der Waals surface area contributed by atoms with E-state index in [0.29, 0.717) is 5.75 Å². The van der Waals surface area contributed by atoms with E-state index in [4.69, 9.17) is 0 Å². The van der Waals surface area contributed by atoms with Crippen LogP contribution in [0.2, 0.25) is 0 Å². The number of thiazole rings is 1. The minimum Gasteiger partial charge on any atom is -0.353 e. The predicted molar refractivity (Wildman–Crippen MR) is 94.7 cm³/mol. The van der Waals surface area contributed by atoms with Crippen molar-refractivity contribution in [3.8, 4) is 10.6 Å². The maximum absolute atomic E-state index is 12.2. The molecule has 122 valence electrons. The second-order valence-corrected chi connectivity index (χ2v) is 8.10. The summed E-state index contributed by atoms with van der Waals surface area (Å²) in [6, 6.07) is 10.2. The average Bonchev–Trinajstić information content (AvgIpc) is 3.20. The molecule has 0 saturated heterocycles. The van der Waals surface area contributed by atoms with E-state index in [0.717, 1.165) is 29.1 Å². The summed E-state index contributed by atoms with van der Waals surface area (Å²) in [5.74, 6) is 0.296. The van der Waals surface area contributed by atoms with Crippen LogP contribution >= 0.6 is 11.3 Å². The van der Waals surface area contributed by atoms with Crippen molar-refractivity contribution in [3.63, 3.8) is 0 Å². The number of hydrogen-bond donors (Lipinski definition) is 1. The van der Waals surface area contributed by atoms with Crippen LogP contribution in [0.3, 0.4) is 0 Å². The number of amides is 1. The number of benzene rings is 1. The summed E-state index contributed by atoms with van der Waals surface area (Å²) in [5.41, 5.74) is 1.86. The Bertz CT molecular complexity index is 679. The normalized spacial score (nSPS) is 16.3. The van der Waals surface area contributed by atoms with Crippen LogP contribution in [-0.2, 0) is 21.3 Å². The molecular weight excluding hydrogens is 328 g/mol. The molecule has 1 aliphatic carbocycles. The topological polar surface area (TPSA) is 59.1 Å². The molecule has 3 rings (SSSR count). The number of carbonyl (C=O) groups excluding carboxylic acids is 1. The van der Waals surface area contributed by atoms with Crippen LogP contribution in [0, 0.1) is 0 Å². The molecular formula is C17H20N2O2S2. The van der Waals surface area contributed by atoms with Crippen LogP contribution in [0.25, 0.3) is 10.6 Å². The van der Waals surface area contributed by atoms with Gasteiger partial charge in [0.2, 0.25) is 5.91 Å². The van der Waals surface area contributed by atoms with E-state index in [2.05, 4.69) is 10.3 Å². The van der Waals surface area contributed by atoms with Gasteiger partial charge in [-0.05, 0) is 12.8 Å². The molecule has 1 saturated carbocycles. The molecule has 1 aromatic heterocycles. The SMILES string of the molecule is O=C(CS(=O)Cc1csc(-c2ccccc2)n1)NC1CCCC1. The summed E-state index contributed by atoms with van der Waals surface area (Å²) in [6.45, 7) is 0. The molecule has 0 spiro atoms. The lowest BCUT2D eigenvalue weighted by molar-refractivity contribution is -0.119. The third-order valence-electron chi connectivity index (χ3n) is 3.89. The van der Waals surface area contributed by atoms with Gasteiger partial charge in [-0.1, -0.05) is 43.2 Å². The Kier molecular flexibility index (Phi) is 5.56. The molecule has 1 fully saturated rings. The average molecular weight is 348 g/mol. The zero-order valence-electron chi connectivity index (χ0n) is 12.9. The summed E-state index contributed by atoms with van der Waals surface area (Å²) in [4.78, 5) is 16.4. The molecule has 6 heteroatoms. The van der Waals surface area contributed by atoms with Gasteiger partial charge >= 0.3 is 0 Å². The van der Waals surface area contributed by atoms with Crippen LogP contribution < -0.4 is 5.32 Å². The second-order valence-electron chi connectivity index (χ2n) is 5.79. The summed E-state index contributed by atoms with van der Waals surface area (Å²) in [6.07, 6.45) is 4.44. The fourth-order valence-corrected chi connectivity index (χ4v) is 4.68. The van der Waals surface area contributed by atoms with Gasteiger partial charge in [-0.15, -0.1) is 11.3 Å². The van der Waals surface area contributed by atoms with E-state index in [1.807, 2.05) is 35.7 Å². The highest BCUT2D eigenvalue weighted by Gasteiger charge is 2.18. The van der Waals surface area contributed by atoms with Crippen LogP contribution in [0.15, 0.2) is 35.7 Å². The van der Waals surface area contributed by atoms with Gasteiger partial charge in [0, 0.05) is 27.8 Å². The van der Waals surface area contributed by atoms with Crippen LogP contribution in [-0.4, -0.2) is 26.9 Å². The first-order valence-corrected chi connectivity index (χ1v) is 10.2. The zero-order valence-corrected chi connectivity index (χ0v) is 14.5. The number of carbonyl (C=O) groups is 1. The molecule has 0 radical (unpaired) electrons. The second kappa shape index (κ2) is 7.84. The molecule has 23 heavy (non-hydrogen) atoms. The number of nitrogens with one attached hydrogen (secondary N) is 1. The van der Waals surface area contributed by atoms with Crippen LogP contribution in [0.4, 0.5) is 0 Å². The Morgan fingerprint density at radius 1 is 1.26 bits per heavy atom. The van der Waals surface area contributed by atoms with Gasteiger partial charge in [-0.3, -0.25) is 9.00 Å². The highest BCUT2D eigenvalue weighted by molar-refractivity contribution is 7.84. The third kappa shape index (κ3) is 4.72. The number of aromatic nitrogens is 1. The van der Waals surface area contributed by atoms with Crippen molar-refractivity contribution < 1.29 is 9.00 Å². The highest BCUT2D eigenvalue weighted by Crippen LogP contribution is 2.23. The standard InChI is InChI=1S/C17H20N2O2S2/c20-16(18-14-8-4-5-9-14)12-23(21)11-15-10-22-17(19-15)13-6-2-1-3-7-13/h1-3,6-7,10,14H,4-5,8-9,11-12H2,(H,18,20). The third-order valence-corrected chi connectivity index (χ3v) is 6.04. The van der Waals surface area contributed by atoms with E-state index in [1.165, 1.54) is 12.8 Å². The minimum absolute atomic E-state index is 0.0642. The van der Waals surface area contributed by atoms with Crippen molar-refractivity contribution in [2.24, 2.45) is 0 Å². The van der Waals surface area contributed by atoms with Crippen molar-refractivity contribution in [2.75, 3.05) is 5.75 Å². The Balaban J connectivity index is 1.52. The van der Waals surface area contributed by atoms with Gasteiger partial charge < -0.3 is 5.32 Å². The number of nitrogens with zero attached hydrogens (tertiary/aromatic N) is 1. The molecule has 1 heterocycles. The number of hydrogen-bond acceptors (Lipinski definition) is 4. The largest absolute Gasteiger partial charge is 0.353 e. The van der Waals surface area contributed by atoms with Gasteiger partial charge in [-0.25, -0.2) is 4.98 Å². The first-order valence-electron chi connectivity index (χ1n) is 7.85. The highest BCUT2D eigenvalue weighted by atomic mass is 32.2. The van der Waals surface area contributed by atoms with E-state index in [9.17, 15) is 9.00 Å². The molecule has 1 unspecified atom stereocenters. The fourth-order valence-electron chi connectivity index (χ4n) is 2.79. The first-order chi connectivity index (χ1) is 11.2. The van der Waals surface area contributed by atoms with Crippen molar-refractivity contribution in [1.29, 1.82) is 0 Å². The Hall–Kier alpha value is -1.53. The maximum Gasteiger partial charge on any atom is 0.232 e. The van der Waals surface area contributed by atoms with Gasteiger partial charge in [-0.2, -0.15) is 0 Å². The molecule has 4 nitrogen and oxygen atoms in total. The van der Waals surface area contributed by atoms with Crippen molar-refractivity contribution >= 4 is 28.0 Å². The Morgan fingerprint density at radius 3 is 2.74 bits per heavy atom. The van der Waals surface area contributed by atoms with E-state index < -0.39 is 10.8 Å².